The molecule has 7 heteroatoms. The van der Waals surface area contributed by atoms with Crippen molar-refractivity contribution in [3.8, 4) is 5.69 Å². The number of ether oxygens (including phenoxy) is 2. The predicted octanol–water partition coefficient (Wildman–Crippen LogP) is 2.48. The fourth-order valence-electron chi connectivity index (χ4n) is 2.39. The molecule has 0 radical (unpaired) electrons. The van der Waals surface area contributed by atoms with E-state index in [0.29, 0.717) is 31.1 Å². The zero-order valence-corrected chi connectivity index (χ0v) is 13.0. The Bertz CT molecular complexity index is 708. The van der Waals surface area contributed by atoms with Crippen LogP contribution in [-0.2, 0) is 9.47 Å². The van der Waals surface area contributed by atoms with Gasteiger partial charge in [0, 0.05) is 12.3 Å². The van der Waals surface area contributed by atoms with Gasteiger partial charge in [-0.25, -0.2) is 18.9 Å². The summed E-state index contributed by atoms with van der Waals surface area (Å²) >= 11 is 0. The molecule has 0 bridgehead atoms. The van der Waals surface area contributed by atoms with Crippen LogP contribution < -0.4 is 0 Å². The molecule has 0 amide bonds. The molecule has 1 aromatic carbocycles. The van der Waals surface area contributed by atoms with Gasteiger partial charge in [-0.05, 0) is 18.2 Å². The number of carbonyl (C=O) groups is 1. The van der Waals surface area contributed by atoms with E-state index >= 15 is 0 Å². The van der Waals surface area contributed by atoms with Crippen molar-refractivity contribution >= 4 is 5.97 Å². The first-order valence-electron chi connectivity index (χ1n) is 7.56. The smallest absolute Gasteiger partial charge is 0.378 e. The van der Waals surface area contributed by atoms with Crippen LogP contribution in [0.4, 0.5) is 4.39 Å². The summed E-state index contributed by atoms with van der Waals surface area (Å²) in [6, 6.07) is 6.00. The Hall–Kier alpha value is -2.28. The number of hydrogen-bond acceptors (Lipinski definition) is 5. The van der Waals surface area contributed by atoms with E-state index in [0.717, 1.165) is 0 Å². The molecular weight excluding hydrogens is 301 g/mol. The van der Waals surface area contributed by atoms with E-state index in [-0.39, 0.29) is 23.7 Å². The van der Waals surface area contributed by atoms with Gasteiger partial charge in [-0.15, -0.1) is 5.10 Å². The summed E-state index contributed by atoms with van der Waals surface area (Å²) in [5.41, 5.74) is 0.518. The minimum Gasteiger partial charge on any atom is -0.454 e. The van der Waals surface area contributed by atoms with E-state index in [4.69, 9.17) is 9.47 Å². The third kappa shape index (κ3) is 3.39. The highest BCUT2D eigenvalue weighted by atomic mass is 19.1. The maximum Gasteiger partial charge on any atom is 0.378 e. The molecule has 1 aliphatic heterocycles. The Labute approximate surface area is 133 Å². The maximum absolute atomic E-state index is 13.5. The quantitative estimate of drug-likeness (QED) is 0.810. The van der Waals surface area contributed by atoms with Gasteiger partial charge in [0.2, 0.25) is 0 Å². The number of aromatic nitrogens is 3. The van der Waals surface area contributed by atoms with E-state index < -0.39 is 5.97 Å². The van der Waals surface area contributed by atoms with Gasteiger partial charge in [0.25, 0.3) is 5.82 Å². The first-order valence-corrected chi connectivity index (χ1v) is 7.56. The molecule has 0 aliphatic carbocycles. The molecule has 1 aliphatic rings. The Morgan fingerprint density at radius 3 is 2.96 bits per heavy atom. The van der Waals surface area contributed by atoms with Crippen LogP contribution in [0.15, 0.2) is 24.3 Å². The highest BCUT2D eigenvalue weighted by Crippen LogP contribution is 2.19. The lowest BCUT2D eigenvalue weighted by molar-refractivity contribution is 0.0257. The zero-order chi connectivity index (χ0) is 16.4. The molecule has 1 saturated heterocycles. The van der Waals surface area contributed by atoms with Crippen molar-refractivity contribution in [2.24, 2.45) is 0 Å². The van der Waals surface area contributed by atoms with Crippen molar-refractivity contribution < 1.29 is 18.7 Å². The number of halogens is 1. The van der Waals surface area contributed by atoms with Crippen LogP contribution in [0.1, 0.15) is 42.6 Å². The van der Waals surface area contributed by atoms with Crippen molar-refractivity contribution in [1.82, 2.24) is 14.8 Å². The number of rotatable bonds is 4. The monoisotopic (exact) mass is 319 g/mol. The van der Waals surface area contributed by atoms with Gasteiger partial charge in [-0.3, -0.25) is 0 Å². The Balaban J connectivity index is 1.90. The molecule has 1 fully saturated rings. The van der Waals surface area contributed by atoms with Gasteiger partial charge >= 0.3 is 5.97 Å². The van der Waals surface area contributed by atoms with Crippen LogP contribution in [0.3, 0.4) is 0 Å². The van der Waals surface area contributed by atoms with Crippen molar-refractivity contribution in [3.05, 3.63) is 41.7 Å². The Kier molecular flexibility index (Phi) is 4.38. The van der Waals surface area contributed by atoms with Crippen LogP contribution >= 0.6 is 0 Å². The first-order chi connectivity index (χ1) is 11.0. The van der Waals surface area contributed by atoms with E-state index in [1.807, 2.05) is 13.8 Å². The molecule has 1 aromatic heterocycles. The van der Waals surface area contributed by atoms with Crippen molar-refractivity contribution in [3.63, 3.8) is 0 Å². The van der Waals surface area contributed by atoms with Crippen LogP contribution in [-0.4, -0.2) is 40.1 Å². The van der Waals surface area contributed by atoms with Crippen LogP contribution in [0, 0.1) is 5.82 Å². The average molecular weight is 319 g/mol. The van der Waals surface area contributed by atoms with Crippen molar-refractivity contribution in [2.45, 2.75) is 32.3 Å². The molecule has 0 spiro atoms. The van der Waals surface area contributed by atoms with Crippen LogP contribution in [0.5, 0.6) is 0 Å². The Morgan fingerprint density at radius 1 is 1.48 bits per heavy atom. The topological polar surface area (TPSA) is 66.2 Å². The lowest BCUT2D eigenvalue weighted by atomic mass is 10.2. The predicted molar refractivity (Wildman–Crippen MR) is 80.0 cm³/mol. The van der Waals surface area contributed by atoms with Gasteiger partial charge in [0.15, 0.2) is 0 Å². The Morgan fingerprint density at radius 2 is 2.30 bits per heavy atom. The molecule has 2 aromatic rings. The highest BCUT2D eigenvalue weighted by molar-refractivity contribution is 5.85. The second-order valence-electron chi connectivity index (χ2n) is 5.73. The SMILES string of the molecule is CC(C)c1nc(C(=O)O[C@@H]2CCOC2)nn1-c1cccc(F)c1. The van der Waals surface area contributed by atoms with E-state index in [2.05, 4.69) is 10.1 Å². The standard InChI is InChI=1S/C16H18FN3O3/c1-10(2)15-18-14(16(21)23-13-6-7-22-9-13)19-20(15)12-5-3-4-11(17)8-12/h3-5,8,10,13H,6-7,9H2,1-2H3/t13-/m1/s1. The van der Waals surface area contributed by atoms with Gasteiger partial charge < -0.3 is 9.47 Å². The minimum atomic E-state index is -0.586. The minimum absolute atomic E-state index is 0.0159. The van der Waals surface area contributed by atoms with E-state index in [1.54, 1.807) is 12.1 Å². The zero-order valence-electron chi connectivity index (χ0n) is 13.0. The molecule has 6 nitrogen and oxygen atoms in total. The van der Waals surface area contributed by atoms with Gasteiger partial charge in [0.1, 0.15) is 17.7 Å². The molecular formula is C16H18FN3O3. The summed E-state index contributed by atoms with van der Waals surface area (Å²) in [7, 11) is 0. The molecule has 1 atom stereocenters. The number of carbonyl (C=O) groups excluding carboxylic acids is 1. The second kappa shape index (κ2) is 6.45. The fraction of sp³-hybridized carbons (Fsp3) is 0.438. The molecule has 0 saturated carbocycles. The molecule has 122 valence electrons. The molecule has 3 rings (SSSR count). The normalized spacial score (nSPS) is 17.7. The lowest BCUT2D eigenvalue weighted by Crippen LogP contribution is -2.19. The summed E-state index contributed by atoms with van der Waals surface area (Å²) in [6.07, 6.45) is 0.416. The third-order valence-corrected chi connectivity index (χ3v) is 3.55. The molecule has 0 unspecified atom stereocenters. The number of hydrogen-bond donors (Lipinski definition) is 0. The fourth-order valence-corrected chi connectivity index (χ4v) is 2.39. The lowest BCUT2D eigenvalue weighted by Gasteiger charge is -2.07. The molecule has 23 heavy (non-hydrogen) atoms. The molecule has 0 N–H and O–H groups in total. The number of benzene rings is 1. The molecule has 2 heterocycles. The summed E-state index contributed by atoms with van der Waals surface area (Å²) in [4.78, 5) is 16.5. The van der Waals surface area contributed by atoms with E-state index in [9.17, 15) is 9.18 Å². The van der Waals surface area contributed by atoms with Gasteiger partial charge in [-0.2, -0.15) is 0 Å². The van der Waals surface area contributed by atoms with Gasteiger partial charge in [-0.1, -0.05) is 19.9 Å². The third-order valence-electron chi connectivity index (χ3n) is 3.55. The average Bonchev–Trinajstić information content (AvgIpc) is 3.16. The van der Waals surface area contributed by atoms with Crippen LogP contribution in [0.25, 0.3) is 5.69 Å². The summed E-state index contributed by atoms with van der Waals surface area (Å²) in [6.45, 7) is 4.84. The first kappa shape index (κ1) is 15.6. The number of esters is 1. The second-order valence-corrected chi connectivity index (χ2v) is 5.73. The van der Waals surface area contributed by atoms with E-state index in [1.165, 1.54) is 16.8 Å². The highest BCUT2D eigenvalue weighted by Gasteiger charge is 2.25. The summed E-state index contributed by atoms with van der Waals surface area (Å²) in [5.74, 6) is -0.394. The van der Waals surface area contributed by atoms with Crippen molar-refractivity contribution in [1.29, 1.82) is 0 Å². The van der Waals surface area contributed by atoms with Gasteiger partial charge in [0.05, 0.1) is 18.9 Å². The number of nitrogens with zero attached hydrogens (tertiary/aromatic N) is 3. The largest absolute Gasteiger partial charge is 0.454 e. The van der Waals surface area contributed by atoms with Crippen LogP contribution in [0.2, 0.25) is 0 Å². The summed E-state index contributed by atoms with van der Waals surface area (Å²) < 4.78 is 25.4. The maximum atomic E-state index is 13.5. The summed E-state index contributed by atoms with van der Waals surface area (Å²) in [5, 5.41) is 4.21. The van der Waals surface area contributed by atoms with Crippen molar-refractivity contribution in [2.75, 3.05) is 13.2 Å².